The minimum absolute atomic E-state index is 0.142. The van der Waals surface area contributed by atoms with Gasteiger partial charge < -0.3 is 4.90 Å². The van der Waals surface area contributed by atoms with Crippen LogP contribution >= 0.6 is 11.8 Å². The van der Waals surface area contributed by atoms with Gasteiger partial charge in [0, 0.05) is 17.9 Å². The smallest absolute Gasteiger partial charge is 0.237 e. The van der Waals surface area contributed by atoms with E-state index in [0.717, 1.165) is 35.8 Å². The molecule has 0 atom stereocenters. The van der Waals surface area contributed by atoms with E-state index in [1.807, 2.05) is 36.1 Å². The van der Waals surface area contributed by atoms with Gasteiger partial charge in [0.05, 0.1) is 5.75 Å². The van der Waals surface area contributed by atoms with E-state index < -0.39 is 0 Å². The van der Waals surface area contributed by atoms with Crippen molar-refractivity contribution in [1.29, 1.82) is 0 Å². The molecular weight excluding hydrogens is 282 g/mol. The molecule has 0 aliphatic carbocycles. The van der Waals surface area contributed by atoms with Gasteiger partial charge in [-0.3, -0.25) is 4.79 Å². The van der Waals surface area contributed by atoms with Gasteiger partial charge in [0.15, 0.2) is 0 Å². The zero-order chi connectivity index (χ0) is 14.7. The largest absolute Gasteiger partial charge is 0.311 e. The van der Waals surface area contributed by atoms with Crippen LogP contribution in [-0.2, 0) is 11.2 Å². The normalized spacial score (nSPS) is 13.9. The summed E-state index contributed by atoms with van der Waals surface area (Å²) in [5.74, 6) is 0.550. The van der Waals surface area contributed by atoms with Crippen molar-refractivity contribution in [3.05, 3.63) is 47.9 Å². The van der Waals surface area contributed by atoms with Crippen LogP contribution in [0.4, 0.5) is 5.69 Å². The second-order valence-corrected chi connectivity index (χ2v) is 6.06. The van der Waals surface area contributed by atoms with Crippen molar-refractivity contribution in [1.82, 2.24) is 9.97 Å². The molecular formula is C16H17N3OS. The molecule has 0 spiro atoms. The van der Waals surface area contributed by atoms with Gasteiger partial charge in [0.1, 0.15) is 11.4 Å². The number of para-hydroxylation sites is 1. The Balaban J connectivity index is 1.69. The lowest BCUT2D eigenvalue weighted by atomic mass is 10.0. The summed E-state index contributed by atoms with van der Waals surface area (Å²) < 4.78 is 0. The van der Waals surface area contributed by atoms with Crippen molar-refractivity contribution in [2.45, 2.75) is 24.8 Å². The quantitative estimate of drug-likeness (QED) is 0.646. The number of aromatic nitrogens is 2. The van der Waals surface area contributed by atoms with Crippen molar-refractivity contribution in [2.75, 3.05) is 17.2 Å². The maximum Gasteiger partial charge on any atom is 0.237 e. The monoisotopic (exact) mass is 299 g/mol. The average Bonchev–Trinajstić information content (AvgIpc) is 2.52. The zero-order valence-electron chi connectivity index (χ0n) is 12.0. The Morgan fingerprint density at radius 1 is 1.33 bits per heavy atom. The fourth-order valence-electron chi connectivity index (χ4n) is 2.52. The van der Waals surface area contributed by atoms with Gasteiger partial charge in [-0.2, -0.15) is 0 Å². The third kappa shape index (κ3) is 3.24. The molecule has 1 aliphatic rings. The molecule has 0 saturated heterocycles. The molecule has 2 heterocycles. The average molecular weight is 299 g/mol. The molecule has 21 heavy (non-hydrogen) atoms. The molecule has 1 amide bonds. The van der Waals surface area contributed by atoms with Gasteiger partial charge in [-0.25, -0.2) is 9.97 Å². The number of carbonyl (C=O) groups excluding carboxylic acids is 1. The number of hydrogen-bond acceptors (Lipinski definition) is 4. The van der Waals surface area contributed by atoms with Crippen LogP contribution in [-0.4, -0.2) is 28.2 Å². The Labute approximate surface area is 128 Å². The predicted octanol–water partition coefficient (Wildman–Crippen LogP) is 2.86. The van der Waals surface area contributed by atoms with Gasteiger partial charge in [-0.1, -0.05) is 30.0 Å². The summed E-state index contributed by atoms with van der Waals surface area (Å²) in [6, 6.07) is 10.1. The summed E-state index contributed by atoms with van der Waals surface area (Å²) in [4.78, 5) is 22.6. The molecule has 5 heteroatoms. The highest BCUT2D eigenvalue weighted by Gasteiger charge is 2.22. The molecule has 0 bridgehead atoms. The molecule has 2 aromatic rings. The number of thioether (sulfide) groups is 1. The van der Waals surface area contributed by atoms with Crippen molar-refractivity contribution >= 4 is 23.4 Å². The first-order chi connectivity index (χ1) is 10.2. The summed E-state index contributed by atoms with van der Waals surface area (Å²) in [5.41, 5.74) is 3.25. The molecule has 3 rings (SSSR count). The van der Waals surface area contributed by atoms with Crippen LogP contribution in [0.3, 0.4) is 0 Å². The lowest BCUT2D eigenvalue weighted by molar-refractivity contribution is -0.116. The molecule has 1 aromatic carbocycles. The minimum atomic E-state index is 0.142. The topological polar surface area (TPSA) is 46.1 Å². The fraction of sp³-hybridized carbons (Fsp3) is 0.312. The number of aryl methyl sites for hydroxylation is 2. The molecule has 0 fully saturated rings. The summed E-state index contributed by atoms with van der Waals surface area (Å²) in [6.07, 6.45) is 3.62. The Morgan fingerprint density at radius 2 is 2.19 bits per heavy atom. The second kappa shape index (κ2) is 6.26. The summed E-state index contributed by atoms with van der Waals surface area (Å²) in [5, 5.41) is 0.848. The number of anilines is 1. The molecule has 1 aromatic heterocycles. The number of amides is 1. The Morgan fingerprint density at radius 3 is 3.05 bits per heavy atom. The first kappa shape index (κ1) is 14.1. The molecule has 0 saturated carbocycles. The van der Waals surface area contributed by atoms with Crippen molar-refractivity contribution in [2.24, 2.45) is 0 Å². The second-order valence-electron chi connectivity index (χ2n) is 5.06. The highest BCUT2D eigenvalue weighted by molar-refractivity contribution is 7.99. The van der Waals surface area contributed by atoms with E-state index in [1.165, 1.54) is 17.3 Å². The highest BCUT2D eigenvalue weighted by atomic mass is 32.2. The van der Waals surface area contributed by atoms with E-state index in [2.05, 4.69) is 16.0 Å². The van der Waals surface area contributed by atoms with E-state index in [4.69, 9.17) is 0 Å². The standard InChI is InChI=1S/C16H17N3OS/c1-12-9-15(18-11-17-12)21-10-16(20)19-8-4-6-13-5-2-3-7-14(13)19/h2-3,5,7,9,11H,4,6,8,10H2,1H3. The third-order valence-corrected chi connectivity index (χ3v) is 4.44. The summed E-state index contributed by atoms with van der Waals surface area (Å²) >= 11 is 1.47. The van der Waals surface area contributed by atoms with Gasteiger partial charge in [-0.05, 0) is 37.5 Å². The Bertz CT molecular complexity index is 659. The molecule has 1 aliphatic heterocycles. The van der Waals surface area contributed by atoms with E-state index in [-0.39, 0.29) is 5.91 Å². The number of nitrogens with zero attached hydrogens (tertiary/aromatic N) is 3. The first-order valence-electron chi connectivity index (χ1n) is 7.04. The molecule has 0 unspecified atom stereocenters. The minimum Gasteiger partial charge on any atom is -0.311 e. The van der Waals surface area contributed by atoms with Crippen LogP contribution < -0.4 is 4.90 Å². The fourth-order valence-corrected chi connectivity index (χ4v) is 3.32. The molecule has 0 radical (unpaired) electrons. The number of carbonyl (C=O) groups is 1. The van der Waals surface area contributed by atoms with Crippen molar-refractivity contribution in [3.8, 4) is 0 Å². The van der Waals surface area contributed by atoms with E-state index >= 15 is 0 Å². The van der Waals surface area contributed by atoms with Crippen LogP contribution in [0.25, 0.3) is 0 Å². The zero-order valence-corrected chi connectivity index (χ0v) is 12.8. The summed E-state index contributed by atoms with van der Waals surface area (Å²) in [7, 11) is 0. The van der Waals surface area contributed by atoms with E-state index in [1.54, 1.807) is 6.33 Å². The maximum absolute atomic E-state index is 12.5. The van der Waals surface area contributed by atoms with Crippen LogP contribution in [0.5, 0.6) is 0 Å². The van der Waals surface area contributed by atoms with Crippen molar-refractivity contribution < 1.29 is 4.79 Å². The van der Waals surface area contributed by atoms with Gasteiger partial charge >= 0.3 is 0 Å². The van der Waals surface area contributed by atoms with Gasteiger partial charge in [0.2, 0.25) is 5.91 Å². The molecule has 4 nitrogen and oxygen atoms in total. The lowest BCUT2D eigenvalue weighted by Crippen LogP contribution is -2.36. The lowest BCUT2D eigenvalue weighted by Gasteiger charge is -2.29. The first-order valence-corrected chi connectivity index (χ1v) is 8.02. The maximum atomic E-state index is 12.5. The number of rotatable bonds is 3. The van der Waals surface area contributed by atoms with E-state index in [9.17, 15) is 4.79 Å². The van der Waals surface area contributed by atoms with Gasteiger partial charge in [0.25, 0.3) is 0 Å². The van der Waals surface area contributed by atoms with Crippen molar-refractivity contribution in [3.63, 3.8) is 0 Å². The van der Waals surface area contributed by atoms with Crippen LogP contribution in [0, 0.1) is 6.92 Å². The van der Waals surface area contributed by atoms with Crippen LogP contribution in [0.1, 0.15) is 17.7 Å². The Kier molecular flexibility index (Phi) is 4.20. The highest BCUT2D eigenvalue weighted by Crippen LogP contribution is 2.27. The molecule has 108 valence electrons. The van der Waals surface area contributed by atoms with Crippen LogP contribution in [0.15, 0.2) is 41.7 Å². The number of hydrogen-bond donors (Lipinski definition) is 0. The number of benzene rings is 1. The summed E-state index contributed by atoms with van der Waals surface area (Å²) in [6.45, 7) is 2.73. The third-order valence-electron chi connectivity index (χ3n) is 3.53. The SMILES string of the molecule is Cc1cc(SCC(=O)N2CCCc3ccccc32)ncn1. The Hall–Kier alpha value is -1.88. The number of fused-ring (bicyclic) bond motifs is 1. The molecule has 0 N–H and O–H groups in total. The van der Waals surface area contributed by atoms with Gasteiger partial charge in [-0.15, -0.1) is 0 Å². The van der Waals surface area contributed by atoms with E-state index in [0.29, 0.717) is 5.75 Å². The van der Waals surface area contributed by atoms with Crippen LogP contribution in [0.2, 0.25) is 0 Å². The predicted molar refractivity (Wildman–Crippen MR) is 84.6 cm³/mol.